The fourth-order valence-electron chi connectivity index (χ4n) is 4.86. The summed E-state index contributed by atoms with van der Waals surface area (Å²) in [4.78, 5) is 23.1. The number of hydrogen-bond donors (Lipinski definition) is 3. The minimum absolute atomic E-state index is 0.0452. The molecule has 8 nitrogen and oxygen atoms in total. The second-order valence-corrected chi connectivity index (χ2v) is 9.82. The Bertz CT molecular complexity index is 1270. The number of carboxylic acid groups (broad SMARTS) is 1. The first-order valence-electron chi connectivity index (χ1n) is 11.8. The van der Waals surface area contributed by atoms with Crippen molar-refractivity contribution < 1.29 is 18.7 Å². The average Bonchev–Trinajstić information content (AvgIpc) is 3.25. The van der Waals surface area contributed by atoms with E-state index in [4.69, 9.17) is 11.6 Å². The smallest absolute Gasteiger partial charge is 0.310 e. The van der Waals surface area contributed by atoms with Crippen molar-refractivity contribution in [3.63, 3.8) is 0 Å². The number of piperidine rings is 1. The number of nitrogens with one attached hydrogen (secondary N) is 2. The molecule has 192 valence electrons. The molecule has 2 aromatic heterocycles. The van der Waals surface area contributed by atoms with Crippen molar-refractivity contribution in [1.29, 1.82) is 0 Å². The van der Waals surface area contributed by atoms with E-state index >= 15 is 4.39 Å². The van der Waals surface area contributed by atoms with Gasteiger partial charge >= 0.3 is 5.97 Å². The zero-order valence-electron chi connectivity index (χ0n) is 20.4. The van der Waals surface area contributed by atoms with E-state index in [0.717, 1.165) is 5.69 Å². The fraction of sp³-hybridized carbons (Fsp3) is 0.440. The van der Waals surface area contributed by atoms with Crippen LogP contribution in [0.15, 0.2) is 24.3 Å². The third kappa shape index (κ3) is 5.34. The summed E-state index contributed by atoms with van der Waals surface area (Å²) in [5.41, 5.74) is 0.244. The van der Waals surface area contributed by atoms with Crippen LogP contribution in [-0.2, 0) is 17.8 Å². The number of rotatable bonds is 8. The molecule has 0 radical (unpaired) electrons. The summed E-state index contributed by atoms with van der Waals surface area (Å²) in [6, 6.07) is 6.50. The number of aromatic amines is 1. The molecule has 36 heavy (non-hydrogen) atoms. The van der Waals surface area contributed by atoms with Crippen LogP contribution in [0.3, 0.4) is 0 Å². The summed E-state index contributed by atoms with van der Waals surface area (Å²) < 4.78 is 29.6. The van der Waals surface area contributed by atoms with Gasteiger partial charge in [0.15, 0.2) is 11.6 Å². The van der Waals surface area contributed by atoms with Gasteiger partial charge in [0.1, 0.15) is 5.82 Å². The number of nitrogens with zero attached hydrogens (tertiary/aromatic N) is 4. The standard InChI is InChI=1S/C25H29ClF2N6O2/c1-4-17-11-25(23(35)36,8-9-34(17)13-16-6-5-7-18(26)22(16)28)12-19-21(27)15(3)29-24(30-19)31-20-10-14(2)32-33-20/h5-7,10,17H,4,8-9,11-13H2,1-3H3,(H,35,36)(H2,29,30,31,32,33)/t17-,25-/m1/s1. The maximum Gasteiger partial charge on any atom is 0.310 e. The van der Waals surface area contributed by atoms with Gasteiger partial charge in [0.05, 0.1) is 21.8 Å². The number of H-pyrrole nitrogens is 1. The Balaban J connectivity index is 1.58. The van der Waals surface area contributed by atoms with E-state index < -0.39 is 23.0 Å². The monoisotopic (exact) mass is 518 g/mol. The number of aromatic nitrogens is 4. The van der Waals surface area contributed by atoms with Crippen LogP contribution in [0, 0.1) is 30.9 Å². The van der Waals surface area contributed by atoms with E-state index in [9.17, 15) is 14.3 Å². The van der Waals surface area contributed by atoms with Gasteiger partial charge in [0, 0.05) is 36.3 Å². The number of aryl methyl sites for hydroxylation is 2. The lowest BCUT2D eigenvalue weighted by Gasteiger charge is -2.44. The van der Waals surface area contributed by atoms with Gasteiger partial charge in [-0.3, -0.25) is 14.8 Å². The van der Waals surface area contributed by atoms with Gasteiger partial charge in [-0.15, -0.1) is 0 Å². The van der Waals surface area contributed by atoms with Crippen molar-refractivity contribution in [2.45, 2.75) is 59.0 Å². The maximum absolute atomic E-state index is 15.1. The van der Waals surface area contributed by atoms with E-state index in [1.54, 1.807) is 18.2 Å². The minimum atomic E-state index is -1.22. The second-order valence-electron chi connectivity index (χ2n) is 9.42. The lowest BCUT2D eigenvalue weighted by atomic mass is 9.71. The first-order chi connectivity index (χ1) is 17.1. The van der Waals surface area contributed by atoms with Crippen LogP contribution in [0.4, 0.5) is 20.5 Å². The Labute approximate surface area is 213 Å². The topological polar surface area (TPSA) is 107 Å². The maximum atomic E-state index is 15.1. The molecule has 4 rings (SSSR count). The molecule has 3 aromatic rings. The Hall–Kier alpha value is -3.11. The van der Waals surface area contributed by atoms with Crippen LogP contribution < -0.4 is 5.32 Å². The predicted molar refractivity (Wildman–Crippen MR) is 132 cm³/mol. The number of carbonyl (C=O) groups is 1. The van der Waals surface area contributed by atoms with Gasteiger partial charge < -0.3 is 10.4 Å². The van der Waals surface area contributed by atoms with Crippen LogP contribution in [0.2, 0.25) is 5.02 Å². The van der Waals surface area contributed by atoms with Crippen molar-refractivity contribution in [2.24, 2.45) is 5.41 Å². The summed E-state index contributed by atoms with van der Waals surface area (Å²) in [6.45, 7) is 6.06. The van der Waals surface area contributed by atoms with Gasteiger partial charge in [-0.25, -0.2) is 18.7 Å². The summed E-state index contributed by atoms with van der Waals surface area (Å²) in [6.07, 6.45) is 1.13. The minimum Gasteiger partial charge on any atom is -0.481 e. The molecule has 11 heteroatoms. The van der Waals surface area contributed by atoms with E-state index in [0.29, 0.717) is 30.9 Å². The van der Waals surface area contributed by atoms with Crippen LogP contribution in [-0.4, -0.2) is 48.7 Å². The molecule has 0 spiro atoms. The van der Waals surface area contributed by atoms with E-state index in [1.807, 2.05) is 13.8 Å². The highest BCUT2D eigenvalue weighted by atomic mass is 35.5. The average molecular weight is 519 g/mol. The molecule has 2 atom stereocenters. The van der Waals surface area contributed by atoms with Gasteiger partial charge in [-0.1, -0.05) is 30.7 Å². The number of hydrogen-bond acceptors (Lipinski definition) is 6. The molecule has 0 amide bonds. The predicted octanol–water partition coefficient (Wildman–Crippen LogP) is 5.18. The van der Waals surface area contributed by atoms with Gasteiger partial charge in [0.2, 0.25) is 5.95 Å². The molecule has 1 saturated heterocycles. The molecule has 1 fully saturated rings. The zero-order chi connectivity index (χ0) is 26.0. The number of benzene rings is 1. The molecule has 1 aliphatic rings. The number of halogens is 3. The molecule has 1 aliphatic heterocycles. The third-order valence-electron chi connectivity index (χ3n) is 6.89. The quantitative estimate of drug-likeness (QED) is 0.377. The highest BCUT2D eigenvalue weighted by Gasteiger charge is 2.46. The Kier molecular flexibility index (Phi) is 7.56. The normalized spacial score (nSPS) is 20.4. The van der Waals surface area contributed by atoms with Crippen LogP contribution >= 0.6 is 11.6 Å². The molecule has 0 saturated carbocycles. The highest BCUT2D eigenvalue weighted by Crippen LogP contribution is 2.40. The third-order valence-corrected chi connectivity index (χ3v) is 7.18. The van der Waals surface area contributed by atoms with Crippen LogP contribution in [0.1, 0.15) is 48.8 Å². The van der Waals surface area contributed by atoms with E-state index in [1.165, 1.54) is 13.0 Å². The first-order valence-corrected chi connectivity index (χ1v) is 12.2. The van der Waals surface area contributed by atoms with Gasteiger partial charge in [-0.05, 0) is 45.7 Å². The Morgan fingerprint density at radius 1 is 1.31 bits per heavy atom. The number of carboxylic acids is 1. The van der Waals surface area contributed by atoms with Crippen molar-refractivity contribution >= 4 is 29.3 Å². The molecule has 1 aromatic carbocycles. The zero-order valence-corrected chi connectivity index (χ0v) is 21.2. The molecule has 0 unspecified atom stereocenters. The van der Waals surface area contributed by atoms with Crippen LogP contribution in [0.25, 0.3) is 0 Å². The molecule has 3 N–H and O–H groups in total. The summed E-state index contributed by atoms with van der Waals surface area (Å²) in [5, 5.41) is 20.2. The molecular formula is C25H29ClF2N6O2. The summed E-state index contributed by atoms with van der Waals surface area (Å²) in [7, 11) is 0. The molecule has 3 heterocycles. The van der Waals surface area contributed by atoms with E-state index in [2.05, 4.69) is 30.4 Å². The van der Waals surface area contributed by atoms with Crippen molar-refractivity contribution in [3.05, 3.63) is 63.6 Å². The Morgan fingerprint density at radius 2 is 2.08 bits per heavy atom. The van der Waals surface area contributed by atoms with Crippen LogP contribution in [0.5, 0.6) is 0 Å². The highest BCUT2D eigenvalue weighted by molar-refractivity contribution is 6.30. The lowest BCUT2D eigenvalue weighted by molar-refractivity contribution is -0.154. The summed E-state index contributed by atoms with van der Waals surface area (Å²) in [5.74, 6) is -1.45. The number of aliphatic carboxylic acids is 1. The van der Waals surface area contributed by atoms with Gasteiger partial charge in [0.25, 0.3) is 0 Å². The summed E-state index contributed by atoms with van der Waals surface area (Å²) >= 11 is 5.94. The molecule has 0 aliphatic carbocycles. The largest absolute Gasteiger partial charge is 0.481 e. The first kappa shape index (κ1) is 26.0. The van der Waals surface area contributed by atoms with Crippen molar-refractivity contribution in [1.82, 2.24) is 25.1 Å². The van der Waals surface area contributed by atoms with Crippen molar-refractivity contribution in [2.75, 3.05) is 11.9 Å². The number of anilines is 2. The second kappa shape index (κ2) is 10.5. The lowest BCUT2D eigenvalue weighted by Crippen LogP contribution is -2.50. The SMILES string of the molecule is CC[C@@H]1C[C@](Cc2nc(Nc3cc(C)[nH]n3)nc(C)c2F)(C(=O)O)CCN1Cc1cccc(Cl)c1F. The van der Waals surface area contributed by atoms with Gasteiger partial charge in [-0.2, -0.15) is 5.10 Å². The number of likely N-dealkylation sites (tertiary alicyclic amines) is 1. The molecule has 0 bridgehead atoms. The fourth-order valence-corrected chi connectivity index (χ4v) is 5.06. The molecular weight excluding hydrogens is 490 g/mol. The Morgan fingerprint density at radius 3 is 2.75 bits per heavy atom. The van der Waals surface area contributed by atoms with Crippen molar-refractivity contribution in [3.8, 4) is 0 Å². The van der Waals surface area contributed by atoms with E-state index in [-0.39, 0.29) is 47.7 Å².